The maximum Gasteiger partial charge on any atom is 0.122 e. The van der Waals surface area contributed by atoms with Crippen molar-refractivity contribution < 1.29 is 14.2 Å². The lowest BCUT2D eigenvalue weighted by molar-refractivity contribution is 0.216. The molecule has 4 rings (SSSR count). The first-order chi connectivity index (χ1) is 16.3. The summed E-state index contributed by atoms with van der Waals surface area (Å²) in [7, 11) is 0. The molecule has 4 aromatic carbocycles. The van der Waals surface area contributed by atoms with Gasteiger partial charge in [-0.2, -0.15) is 0 Å². The first kappa shape index (κ1) is 22.2. The lowest BCUT2D eigenvalue weighted by Crippen LogP contribution is -2.20. The fourth-order valence-electron chi connectivity index (χ4n) is 3.21. The second-order valence-corrected chi connectivity index (χ2v) is 7.43. The average molecular weight is 441 g/mol. The summed E-state index contributed by atoms with van der Waals surface area (Å²) in [6.07, 6.45) is 0. The quantitative estimate of drug-likeness (QED) is 0.214. The van der Waals surface area contributed by atoms with Gasteiger partial charge in [0.1, 0.15) is 37.1 Å². The average Bonchev–Trinajstić information content (AvgIpc) is 2.88. The van der Waals surface area contributed by atoms with E-state index in [9.17, 15) is 0 Å². The molecule has 0 fully saturated rings. The Morgan fingerprint density at radius 3 is 1.85 bits per heavy atom. The van der Waals surface area contributed by atoms with Gasteiger partial charge in [0.25, 0.3) is 0 Å². The van der Waals surface area contributed by atoms with Crippen LogP contribution in [0.5, 0.6) is 17.2 Å². The molecule has 0 atom stereocenters. The topological polar surface area (TPSA) is 51.8 Å². The summed E-state index contributed by atoms with van der Waals surface area (Å²) < 4.78 is 17.4. The van der Waals surface area contributed by atoms with Crippen LogP contribution in [0, 0.1) is 0 Å². The number of hydrogen-bond acceptors (Lipinski definition) is 5. The Hall–Kier alpha value is -3.96. The fraction of sp³-hybridized carbons (Fsp3) is 0.143. The second kappa shape index (κ2) is 12.2. The minimum atomic E-state index is 0.461. The van der Waals surface area contributed by atoms with Crippen LogP contribution >= 0.6 is 0 Å². The third kappa shape index (κ3) is 7.59. The van der Waals surface area contributed by atoms with E-state index < -0.39 is 0 Å². The summed E-state index contributed by atoms with van der Waals surface area (Å²) in [4.78, 5) is 0. The van der Waals surface area contributed by atoms with E-state index in [1.807, 2.05) is 103 Å². The zero-order valence-electron chi connectivity index (χ0n) is 18.4. The number of benzene rings is 4. The van der Waals surface area contributed by atoms with Crippen molar-refractivity contribution >= 4 is 5.69 Å². The molecule has 5 heteroatoms. The minimum Gasteiger partial charge on any atom is -0.490 e. The van der Waals surface area contributed by atoms with Crippen LogP contribution in [-0.2, 0) is 13.2 Å². The van der Waals surface area contributed by atoms with Gasteiger partial charge >= 0.3 is 0 Å². The number of anilines is 1. The van der Waals surface area contributed by atoms with Crippen LogP contribution in [0.25, 0.3) is 0 Å². The first-order valence-electron chi connectivity index (χ1n) is 11.0. The molecule has 0 unspecified atom stereocenters. The molecule has 168 valence electrons. The van der Waals surface area contributed by atoms with E-state index in [0.29, 0.717) is 26.4 Å². The van der Waals surface area contributed by atoms with E-state index in [-0.39, 0.29) is 0 Å². The van der Waals surface area contributed by atoms with Gasteiger partial charge < -0.3 is 19.6 Å². The van der Waals surface area contributed by atoms with Crippen LogP contribution in [0.2, 0.25) is 0 Å². The van der Waals surface area contributed by atoms with Crippen LogP contribution in [0.3, 0.4) is 0 Å². The molecule has 0 saturated carbocycles. The molecule has 0 aliphatic rings. The van der Waals surface area contributed by atoms with E-state index in [1.165, 1.54) is 0 Å². The summed E-state index contributed by atoms with van der Waals surface area (Å²) in [5.41, 5.74) is 9.69. The molecule has 0 heterocycles. The monoisotopic (exact) mass is 440 g/mol. The molecule has 0 saturated heterocycles. The van der Waals surface area contributed by atoms with E-state index in [1.54, 1.807) is 0 Å². The van der Waals surface area contributed by atoms with Gasteiger partial charge in [0, 0.05) is 12.2 Å². The van der Waals surface area contributed by atoms with Crippen molar-refractivity contribution in [2.45, 2.75) is 13.2 Å². The highest BCUT2D eigenvalue weighted by Crippen LogP contribution is 2.19. The van der Waals surface area contributed by atoms with Gasteiger partial charge in [-0.15, -0.1) is 0 Å². The maximum atomic E-state index is 5.85. The van der Waals surface area contributed by atoms with Gasteiger partial charge in [-0.05, 0) is 59.7 Å². The molecule has 4 aromatic rings. The number of ether oxygens (including phenoxy) is 3. The first-order valence-corrected chi connectivity index (χ1v) is 11.0. The largest absolute Gasteiger partial charge is 0.490 e. The fourth-order valence-corrected chi connectivity index (χ4v) is 3.21. The molecule has 0 aromatic heterocycles. The zero-order valence-corrected chi connectivity index (χ0v) is 18.4. The molecular weight excluding hydrogens is 412 g/mol. The molecule has 33 heavy (non-hydrogen) atoms. The van der Waals surface area contributed by atoms with Crippen molar-refractivity contribution in [2.24, 2.45) is 0 Å². The summed E-state index contributed by atoms with van der Waals surface area (Å²) in [5, 5.41) is 0. The van der Waals surface area contributed by atoms with Gasteiger partial charge in [-0.3, -0.25) is 0 Å². The van der Waals surface area contributed by atoms with Crippen molar-refractivity contribution in [3.63, 3.8) is 0 Å². The van der Waals surface area contributed by atoms with E-state index in [0.717, 1.165) is 34.1 Å². The number of para-hydroxylation sites is 1. The lowest BCUT2D eigenvalue weighted by Gasteiger charge is -2.11. The third-order valence-electron chi connectivity index (χ3n) is 4.89. The number of hydrazine groups is 1. The number of nitrogens with one attached hydrogen (secondary N) is 2. The van der Waals surface area contributed by atoms with Crippen LogP contribution in [0.15, 0.2) is 109 Å². The second-order valence-electron chi connectivity index (χ2n) is 7.43. The standard InChI is InChI=1S/C28H28N2O3/c1-3-8-23(9-4-1)22-33-27-16-14-26(15-17-27)31-18-19-32-28-13-7-10-24(20-28)21-29-30-25-11-5-2-6-12-25/h1-17,20,29-30H,18-19,21-22H2. The Morgan fingerprint density at radius 2 is 1.12 bits per heavy atom. The van der Waals surface area contributed by atoms with Crippen LogP contribution in [0.4, 0.5) is 5.69 Å². The van der Waals surface area contributed by atoms with Gasteiger partial charge in [0.15, 0.2) is 0 Å². The lowest BCUT2D eigenvalue weighted by atomic mass is 10.2. The van der Waals surface area contributed by atoms with Crippen molar-refractivity contribution in [3.05, 3.63) is 120 Å². The zero-order chi connectivity index (χ0) is 22.6. The molecule has 0 aliphatic carbocycles. The Balaban J connectivity index is 1.15. The number of hydrogen-bond donors (Lipinski definition) is 2. The highest BCUT2D eigenvalue weighted by atomic mass is 16.5. The molecule has 0 amide bonds. The third-order valence-corrected chi connectivity index (χ3v) is 4.89. The summed E-state index contributed by atoms with van der Waals surface area (Å²) >= 11 is 0. The van der Waals surface area contributed by atoms with Crippen LogP contribution in [0.1, 0.15) is 11.1 Å². The van der Waals surface area contributed by atoms with Gasteiger partial charge in [0.05, 0.1) is 0 Å². The molecule has 2 N–H and O–H groups in total. The Bertz CT molecular complexity index is 1090. The predicted octanol–water partition coefficient (Wildman–Crippen LogP) is 5.84. The maximum absolute atomic E-state index is 5.85. The van der Waals surface area contributed by atoms with Crippen molar-refractivity contribution in [1.82, 2.24) is 5.43 Å². The van der Waals surface area contributed by atoms with Crippen molar-refractivity contribution in [1.29, 1.82) is 0 Å². The molecule has 0 aliphatic heterocycles. The van der Waals surface area contributed by atoms with Crippen LogP contribution in [-0.4, -0.2) is 13.2 Å². The van der Waals surface area contributed by atoms with E-state index in [4.69, 9.17) is 14.2 Å². The van der Waals surface area contributed by atoms with Crippen molar-refractivity contribution in [3.8, 4) is 17.2 Å². The Labute approximate surface area is 194 Å². The van der Waals surface area contributed by atoms with Gasteiger partial charge in [-0.1, -0.05) is 60.7 Å². The van der Waals surface area contributed by atoms with Gasteiger partial charge in [0.2, 0.25) is 0 Å². The van der Waals surface area contributed by atoms with Crippen LogP contribution < -0.4 is 25.1 Å². The predicted molar refractivity (Wildman–Crippen MR) is 132 cm³/mol. The molecule has 0 bridgehead atoms. The smallest absolute Gasteiger partial charge is 0.122 e. The molecule has 0 spiro atoms. The molecular formula is C28H28N2O3. The van der Waals surface area contributed by atoms with E-state index in [2.05, 4.69) is 16.9 Å². The number of rotatable bonds is 12. The summed E-state index contributed by atoms with van der Waals surface area (Å²) in [5.74, 6) is 2.42. The van der Waals surface area contributed by atoms with Gasteiger partial charge in [-0.25, -0.2) is 5.43 Å². The highest BCUT2D eigenvalue weighted by Gasteiger charge is 2.00. The summed E-state index contributed by atoms with van der Waals surface area (Å²) in [6.45, 7) is 2.15. The molecule has 5 nitrogen and oxygen atoms in total. The van der Waals surface area contributed by atoms with Crippen molar-refractivity contribution in [2.75, 3.05) is 18.6 Å². The Morgan fingerprint density at radius 1 is 0.515 bits per heavy atom. The summed E-state index contributed by atoms with van der Waals surface area (Å²) in [6, 6.07) is 35.8. The minimum absolute atomic E-state index is 0.461. The molecule has 0 radical (unpaired) electrons. The normalized spacial score (nSPS) is 10.4. The van der Waals surface area contributed by atoms with E-state index >= 15 is 0 Å². The SMILES string of the molecule is c1ccc(COc2ccc(OCCOc3cccc(CNNc4ccccc4)c3)cc2)cc1. The Kier molecular flexibility index (Phi) is 8.20. The highest BCUT2D eigenvalue weighted by molar-refractivity contribution is 5.41.